The van der Waals surface area contributed by atoms with Crippen molar-refractivity contribution in [2.75, 3.05) is 14.7 Å². The zero-order valence-corrected chi connectivity index (χ0v) is 71.6. The molecule has 15 heteroatoms. The molecule has 604 valence electrons. The highest BCUT2D eigenvalue weighted by Gasteiger charge is 2.72. The van der Waals surface area contributed by atoms with Gasteiger partial charge in [0.15, 0.2) is 22.6 Å². The van der Waals surface area contributed by atoms with Gasteiger partial charge in [-0.1, -0.05) is 260 Å². The first-order chi connectivity index (χ1) is 63.3. The molecule has 128 heavy (non-hydrogen) atoms. The second kappa shape index (κ2) is 26.1. The lowest BCUT2D eigenvalue weighted by atomic mass is 9.78. The quantitative estimate of drug-likeness (QED) is 0.150. The lowest BCUT2D eigenvalue weighted by molar-refractivity contribution is -0.749. The number of fused-ring (bicyclic) bond motifs is 17. The van der Waals surface area contributed by atoms with E-state index in [2.05, 4.69) is 428 Å². The van der Waals surface area contributed by atoms with E-state index >= 15 is 0 Å². The molecule has 6 atom stereocenters. The van der Waals surface area contributed by atoms with Crippen molar-refractivity contribution in [3.8, 4) is 91.1 Å². The van der Waals surface area contributed by atoms with Crippen molar-refractivity contribution >= 4 is 111 Å². The Hall–Kier alpha value is -15.0. The molecule has 3 spiro atoms. The van der Waals surface area contributed by atoms with Gasteiger partial charge >= 0.3 is 5.88 Å². The van der Waals surface area contributed by atoms with Crippen LogP contribution in [0.25, 0.3) is 103 Å². The SMILES string of the molecule is C1=C(c2ccc(-c3ccccc3)cc2)SC2N1c1cccc3c1C21c2c(ccc4c5ccccc5n(c24)-c2cccc[n+]21)O3.CC1=C(c2ccc(-c3ccccc3)cc2)SC2N1c1cccc3c1C21c2c(ccc4c5ccccc5n(c24)-c2cccc[n+]21)O3.CC1=C(c2ccc(-c3ccccc3)cc2)SC2N1c1cccc3c1C21c2c(cccc2Oc2cccc[n+]21)O3. The summed E-state index contributed by atoms with van der Waals surface area (Å²) >= 11 is 5.90. The second-order valence-electron chi connectivity index (χ2n) is 34.6. The highest BCUT2D eigenvalue weighted by atomic mass is 32.2. The van der Waals surface area contributed by atoms with E-state index in [9.17, 15) is 0 Å². The van der Waals surface area contributed by atoms with Crippen molar-refractivity contribution in [2.45, 2.75) is 46.6 Å². The molecule has 0 radical (unpaired) electrons. The minimum Gasteiger partial charge on any atom is -0.456 e. The number of rotatable bonds is 6. The largest absolute Gasteiger partial charge is 0.456 e. The number of hydrogen-bond acceptors (Lipinski definition) is 10. The van der Waals surface area contributed by atoms with Crippen LogP contribution in [-0.4, -0.2) is 25.3 Å². The minimum atomic E-state index is -0.497. The molecule has 0 saturated carbocycles. The number of hydrogen-bond donors (Lipinski definition) is 0. The number of para-hydroxylation sites is 2. The summed E-state index contributed by atoms with van der Waals surface area (Å²) in [7, 11) is 0. The summed E-state index contributed by atoms with van der Waals surface area (Å²) in [6.07, 6.45) is 9.08. The Labute approximate surface area is 749 Å². The smallest absolute Gasteiger partial charge is 0.374 e. The summed E-state index contributed by atoms with van der Waals surface area (Å²) in [5, 5.41) is 5.29. The summed E-state index contributed by atoms with van der Waals surface area (Å²) in [5.74, 6) is 9.60. The Balaban J connectivity index is 0.0000000953. The first-order valence-corrected chi connectivity index (χ1v) is 46.4. The molecular formula is C113H73N8O4S3+3. The topological polar surface area (TPSA) is 68.1 Å². The number of anilines is 3. The van der Waals surface area contributed by atoms with E-state index in [-0.39, 0.29) is 16.1 Å². The van der Waals surface area contributed by atoms with E-state index in [4.69, 9.17) is 18.9 Å². The van der Waals surface area contributed by atoms with Crippen molar-refractivity contribution in [3.05, 3.63) is 450 Å². The predicted molar refractivity (Wildman–Crippen MR) is 514 cm³/mol. The molecule has 0 amide bonds. The fourth-order valence-corrected chi connectivity index (χ4v) is 28.4. The normalized spacial score (nSPS) is 20.2. The van der Waals surface area contributed by atoms with Crippen molar-refractivity contribution in [2.24, 2.45) is 0 Å². The second-order valence-corrected chi connectivity index (χ2v) is 37.9. The number of ether oxygens (including phenoxy) is 4. The molecule has 17 heterocycles. The number of nitrogens with zero attached hydrogens (tertiary/aromatic N) is 8. The van der Waals surface area contributed by atoms with Gasteiger partial charge < -0.3 is 33.6 Å². The Morgan fingerprint density at radius 1 is 0.266 bits per heavy atom. The molecule has 12 nitrogen and oxygen atoms in total. The van der Waals surface area contributed by atoms with E-state index in [1.165, 1.54) is 176 Å². The van der Waals surface area contributed by atoms with Gasteiger partial charge in [-0.3, -0.25) is 0 Å². The van der Waals surface area contributed by atoms with Gasteiger partial charge in [-0.2, -0.15) is 9.13 Å². The summed E-state index contributed by atoms with van der Waals surface area (Å²) in [4.78, 5) is 11.5. The average Bonchev–Trinajstić information content (AvgIpc) is 1.47. The van der Waals surface area contributed by atoms with Crippen LogP contribution in [0, 0.1) is 0 Å². The zero-order valence-electron chi connectivity index (χ0n) is 69.1. The molecule has 12 aliphatic heterocycles. The first kappa shape index (κ1) is 71.3. The van der Waals surface area contributed by atoms with Crippen molar-refractivity contribution in [1.29, 1.82) is 0 Å². The number of pyridine rings is 3. The van der Waals surface area contributed by atoms with Gasteiger partial charge in [-0.15, -0.1) is 4.57 Å². The molecule has 5 aromatic heterocycles. The molecule has 0 aliphatic carbocycles. The molecule has 12 aliphatic rings. The molecule has 19 aromatic rings. The molecule has 31 rings (SSSR count). The Kier molecular flexibility index (Phi) is 14.5. The van der Waals surface area contributed by atoms with Gasteiger partial charge in [0.1, 0.15) is 67.6 Å². The van der Waals surface area contributed by atoms with Crippen LogP contribution in [0.15, 0.2) is 400 Å². The molecule has 14 aromatic carbocycles. The summed E-state index contributed by atoms with van der Waals surface area (Å²) < 4.78 is 38.9. The van der Waals surface area contributed by atoms with Crippen molar-refractivity contribution in [3.63, 3.8) is 0 Å². The molecular weight excluding hydrogens is 1630 g/mol. The van der Waals surface area contributed by atoms with E-state index in [1.54, 1.807) is 0 Å². The molecule has 6 unspecified atom stereocenters. The van der Waals surface area contributed by atoms with Gasteiger partial charge in [0.25, 0.3) is 17.2 Å². The third-order valence-electron chi connectivity index (χ3n) is 28.6. The molecule has 0 N–H and O–H groups in total. The van der Waals surface area contributed by atoms with Crippen molar-refractivity contribution < 1.29 is 32.6 Å². The first-order valence-electron chi connectivity index (χ1n) is 43.7. The number of allylic oxidation sites excluding steroid dienone is 2. The van der Waals surface area contributed by atoms with Crippen LogP contribution in [0.4, 0.5) is 17.1 Å². The van der Waals surface area contributed by atoms with Gasteiger partial charge in [0.05, 0.1) is 63.3 Å². The number of benzene rings is 14. The maximum Gasteiger partial charge on any atom is 0.374 e. The third kappa shape index (κ3) is 9.11. The Bertz CT molecular complexity index is 8240. The highest BCUT2D eigenvalue weighted by molar-refractivity contribution is 8.10. The zero-order chi connectivity index (χ0) is 83.7. The monoisotopic (exact) mass is 1700 g/mol. The fraction of sp³-hybridized carbons (Fsp3) is 0.0708. The van der Waals surface area contributed by atoms with Crippen LogP contribution < -0.4 is 47.3 Å². The molecule has 0 fully saturated rings. The van der Waals surface area contributed by atoms with E-state index in [0.29, 0.717) is 0 Å². The predicted octanol–water partition coefficient (Wildman–Crippen LogP) is 26.0. The van der Waals surface area contributed by atoms with Crippen LogP contribution >= 0.6 is 35.3 Å². The molecule has 0 saturated heterocycles. The summed E-state index contributed by atoms with van der Waals surface area (Å²) in [5.41, 5.74) is 28.1. The minimum absolute atomic E-state index is 0.0660. The van der Waals surface area contributed by atoms with Crippen LogP contribution in [0.3, 0.4) is 0 Å². The third-order valence-corrected chi connectivity index (χ3v) is 33.0. The van der Waals surface area contributed by atoms with Crippen molar-refractivity contribution in [1.82, 2.24) is 9.13 Å². The van der Waals surface area contributed by atoms with Gasteiger partial charge in [-0.25, -0.2) is 9.13 Å². The summed E-state index contributed by atoms with van der Waals surface area (Å²) in [6.45, 7) is 4.55. The van der Waals surface area contributed by atoms with E-state index < -0.39 is 16.6 Å². The average molecular weight is 1700 g/mol. The molecule has 0 bridgehead atoms. The fourth-order valence-electron chi connectivity index (χ4n) is 23.5. The van der Waals surface area contributed by atoms with Crippen LogP contribution in [-0.2, 0) is 16.6 Å². The van der Waals surface area contributed by atoms with Gasteiger partial charge in [0.2, 0.25) is 11.1 Å². The van der Waals surface area contributed by atoms with Crippen LogP contribution in [0.2, 0.25) is 0 Å². The highest BCUT2D eigenvalue weighted by Crippen LogP contribution is 2.71. The Morgan fingerprint density at radius 2 is 0.625 bits per heavy atom. The van der Waals surface area contributed by atoms with Gasteiger partial charge in [0, 0.05) is 72.1 Å². The summed E-state index contributed by atoms with van der Waals surface area (Å²) in [6, 6.07) is 131. The standard InChI is InChI=1S/C40H26N3OS.C39H24N3OS.C34H23N2O2S/c1-24-38(27-19-17-26(18-20-27)25-10-3-2-4-11-25)45-39-40-35-31(42(24)39)14-9-15-32(35)44-33-22-21-29-28-12-5-6-13-30(28)43(37(29)36(33)40)34-16-7-8-23-41(34)40;1-2-9-24(10-3-1)25-16-18-26(19-17-25)33-23-40-30-13-8-14-31-35(30)39(38(40)44-33)36-32(43-31)21-20-28-27-11-4-5-12-29(27)42(37(28)36)34-15-6-7-22-41(34)39;1-21-32(24-18-16-23(17-19-24)22-9-3-2-4-10-22)39-33-34-30-25(36(21)33)11-7-12-26(30)37-27-13-8-14-28(31(27)34)38-29-15-5-6-20-35(29)34/h2-23,39H,1H3;1-23,38H;2-20,33H,1H3/q3*+1. The van der Waals surface area contributed by atoms with Crippen LogP contribution in [0.1, 0.15) is 63.9 Å². The lowest BCUT2D eigenvalue weighted by Gasteiger charge is -2.40. The maximum atomic E-state index is 6.83. The number of aromatic nitrogens is 5. The Morgan fingerprint density at radius 3 is 1.11 bits per heavy atom. The maximum absolute atomic E-state index is 6.83. The van der Waals surface area contributed by atoms with Crippen LogP contribution in [0.5, 0.6) is 46.1 Å². The van der Waals surface area contributed by atoms with E-state index in [1.807, 2.05) is 47.4 Å². The lowest BCUT2D eigenvalue weighted by Crippen LogP contribution is -2.66. The number of thioether (sulfide) groups is 3. The van der Waals surface area contributed by atoms with Gasteiger partial charge in [-0.05, 0) is 179 Å². The van der Waals surface area contributed by atoms with E-state index in [0.717, 1.165) is 51.7 Å².